The Kier molecular flexibility index (Phi) is 7.61. The van der Waals surface area contributed by atoms with Gasteiger partial charge in [-0.15, -0.1) is 0 Å². The van der Waals surface area contributed by atoms with E-state index in [-0.39, 0.29) is 0 Å². The van der Waals surface area contributed by atoms with Gasteiger partial charge in [-0.3, -0.25) is 9.59 Å². The number of anilines is 1. The van der Waals surface area contributed by atoms with Gasteiger partial charge in [-0.2, -0.15) is 5.10 Å². The van der Waals surface area contributed by atoms with Crippen LogP contribution in [0, 0.1) is 0 Å². The first-order valence-electron chi connectivity index (χ1n) is 9.30. The summed E-state index contributed by atoms with van der Waals surface area (Å²) in [6.45, 7) is 0.321. The van der Waals surface area contributed by atoms with Crippen molar-refractivity contribution in [1.82, 2.24) is 5.43 Å². The molecule has 8 heteroatoms. The number of carbonyl (C=O) groups excluding carboxylic acids is 2. The Morgan fingerprint density at radius 1 is 0.968 bits per heavy atom. The summed E-state index contributed by atoms with van der Waals surface area (Å²) < 4.78 is 10.8. The van der Waals surface area contributed by atoms with E-state index in [1.807, 2.05) is 18.2 Å². The summed E-state index contributed by atoms with van der Waals surface area (Å²) in [4.78, 5) is 23.9. The molecule has 0 saturated heterocycles. The fourth-order valence-electron chi connectivity index (χ4n) is 2.57. The van der Waals surface area contributed by atoms with Crippen LogP contribution in [-0.4, -0.2) is 25.1 Å². The van der Waals surface area contributed by atoms with E-state index < -0.39 is 11.8 Å². The largest absolute Gasteiger partial charge is 0.497 e. The molecule has 7 nitrogen and oxygen atoms in total. The highest BCUT2D eigenvalue weighted by Crippen LogP contribution is 2.19. The summed E-state index contributed by atoms with van der Waals surface area (Å²) in [7, 11) is 1.51. The predicted octanol–water partition coefficient (Wildman–Crippen LogP) is 4.02. The summed E-state index contributed by atoms with van der Waals surface area (Å²) in [5.74, 6) is -0.564. The Morgan fingerprint density at radius 2 is 1.74 bits per heavy atom. The number of hydrogen-bond donors (Lipinski definition) is 2. The molecule has 3 aromatic carbocycles. The van der Waals surface area contributed by atoms with E-state index >= 15 is 0 Å². The van der Waals surface area contributed by atoms with Gasteiger partial charge in [0.25, 0.3) is 0 Å². The van der Waals surface area contributed by atoms with Crippen LogP contribution in [0.25, 0.3) is 0 Å². The van der Waals surface area contributed by atoms with Gasteiger partial charge in [-0.05, 0) is 35.9 Å². The molecule has 0 aliphatic rings. The highest BCUT2D eigenvalue weighted by Gasteiger charge is 2.13. The molecule has 0 aromatic heterocycles. The molecule has 3 aromatic rings. The first-order valence-corrected chi connectivity index (χ1v) is 9.67. The molecule has 3 rings (SSSR count). The number of halogens is 1. The second-order valence-electron chi connectivity index (χ2n) is 6.34. The minimum absolute atomic E-state index is 0.321. The predicted molar refractivity (Wildman–Crippen MR) is 120 cm³/mol. The van der Waals surface area contributed by atoms with E-state index in [1.54, 1.807) is 54.6 Å². The number of ether oxygens (including phenoxy) is 2. The molecular weight excluding hydrogens is 418 g/mol. The van der Waals surface area contributed by atoms with E-state index in [9.17, 15) is 9.59 Å². The zero-order chi connectivity index (χ0) is 22.1. The van der Waals surface area contributed by atoms with Gasteiger partial charge in [-0.25, -0.2) is 5.43 Å². The van der Waals surface area contributed by atoms with Gasteiger partial charge in [0.15, 0.2) is 0 Å². The number of methoxy groups -OCH3 is 1. The molecule has 0 bridgehead atoms. The molecule has 0 aliphatic heterocycles. The Morgan fingerprint density at radius 3 is 2.55 bits per heavy atom. The van der Waals surface area contributed by atoms with Crippen LogP contribution in [0.2, 0.25) is 5.02 Å². The fourth-order valence-corrected chi connectivity index (χ4v) is 2.76. The van der Waals surface area contributed by atoms with E-state index in [1.165, 1.54) is 13.3 Å². The number of nitrogens with zero attached hydrogens (tertiary/aromatic N) is 1. The van der Waals surface area contributed by atoms with Crippen molar-refractivity contribution < 1.29 is 19.1 Å². The van der Waals surface area contributed by atoms with E-state index in [4.69, 9.17) is 21.1 Å². The molecule has 0 radical (unpaired) electrons. The minimum atomic E-state index is -0.898. The number of nitrogens with one attached hydrogen (secondary N) is 2. The molecule has 0 atom stereocenters. The zero-order valence-corrected chi connectivity index (χ0v) is 17.4. The highest BCUT2D eigenvalue weighted by atomic mass is 35.5. The van der Waals surface area contributed by atoms with Gasteiger partial charge in [-0.1, -0.05) is 48.0 Å². The Balaban J connectivity index is 1.53. The molecule has 158 valence electrons. The van der Waals surface area contributed by atoms with Crippen LogP contribution in [0.3, 0.4) is 0 Å². The van der Waals surface area contributed by atoms with Crippen molar-refractivity contribution in [3.05, 3.63) is 88.9 Å². The molecular formula is C23H20ClN3O4. The van der Waals surface area contributed by atoms with Crippen LogP contribution in [-0.2, 0) is 16.2 Å². The average Bonchev–Trinajstić information content (AvgIpc) is 2.79. The lowest BCUT2D eigenvalue weighted by Crippen LogP contribution is -2.32. The smallest absolute Gasteiger partial charge is 0.329 e. The van der Waals surface area contributed by atoms with Crippen molar-refractivity contribution in [2.75, 3.05) is 12.4 Å². The molecule has 0 aliphatic carbocycles. The molecule has 0 unspecified atom stereocenters. The first kappa shape index (κ1) is 21.9. The monoisotopic (exact) mass is 437 g/mol. The Bertz CT molecular complexity index is 1100. The maximum absolute atomic E-state index is 12.0. The number of amides is 2. The van der Waals surface area contributed by atoms with Crippen molar-refractivity contribution in [3.8, 4) is 11.5 Å². The lowest BCUT2D eigenvalue weighted by Gasteiger charge is -2.08. The quantitative estimate of drug-likeness (QED) is 0.332. The normalized spacial score (nSPS) is 10.5. The number of hydrazone groups is 1. The summed E-state index contributed by atoms with van der Waals surface area (Å²) in [5.41, 5.74) is 4.19. The van der Waals surface area contributed by atoms with Crippen molar-refractivity contribution in [1.29, 1.82) is 0 Å². The summed E-state index contributed by atoms with van der Waals surface area (Å²) in [6.07, 6.45) is 1.42. The third-order valence-electron chi connectivity index (χ3n) is 4.12. The summed E-state index contributed by atoms with van der Waals surface area (Å²) in [5, 5.41) is 6.93. The second-order valence-corrected chi connectivity index (χ2v) is 6.74. The first-order chi connectivity index (χ1) is 15.0. The Labute approximate surface area is 184 Å². The van der Waals surface area contributed by atoms with Crippen LogP contribution in [0.4, 0.5) is 5.69 Å². The van der Waals surface area contributed by atoms with E-state index in [0.29, 0.717) is 34.4 Å². The summed E-state index contributed by atoms with van der Waals surface area (Å²) >= 11 is 6.13. The number of hydrogen-bond acceptors (Lipinski definition) is 5. The number of benzene rings is 3. The summed E-state index contributed by atoms with van der Waals surface area (Å²) in [6, 6.07) is 21.2. The van der Waals surface area contributed by atoms with E-state index in [2.05, 4.69) is 15.8 Å². The molecule has 2 N–H and O–H groups in total. The van der Waals surface area contributed by atoms with Gasteiger partial charge >= 0.3 is 11.8 Å². The highest BCUT2D eigenvalue weighted by molar-refractivity contribution is 6.39. The molecule has 0 spiro atoms. The number of carbonyl (C=O) groups is 2. The molecule has 0 heterocycles. The van der Waals surface area contributed by atoms with Gasteiger partial charge in [0.2, 0.25) is 0 Å². The van der Waals surface area contributed by atoms with Crippen LogP contribution in [0.15, 0.2) is 77.9 Å². The zero-order valence-electron chi connectivity index (χ0n) is 16.7. The second kappa shape index (κ2) is 10.8. The minimum Gasteiger partial charge on any atom is -0.497 e. The van der Waals surface area contributed by atoms with Crippen LogP contribution < -0.4 is 20.2 Å². The third-order valence-corrected chi connectivity index (χ3v) is 4.49. The van der Waals surface area contributed by atoms with Crippen molar-refractivity contribution in [3.63, 3.8) is 0 Å². The number of rotatable bonds is 7. The van der Waals surface area contributed by atoms with Crippen molar-refractivity contribution >= 4 is 35.3 Å². The maximum Gasteiger partial charge on any atom is 0.329 e. The van der Waals surface area contributed by atoms with E-state index in [0.717, 1.165) is 5.56 Å². The van der Waals surface area contributed by atoms with Crippen molar-refractivity contribution in [2.24, 2.45) is 5.10 Å². The van der Waals surface area contributed by atoms with Gasteiger partial charge in [0, 0.05) is 22.3 Å². The maximum atomic E-state index is 12.0. The fraction of sp³-hybridized carbons (Fsp3) is 0.0870. The standard InChI is InChI=1S/C23H20ClN3O4/c1-30-19-9-5-8-18(13-19)26-22(28)23(29)27-25-14-16-6-4-10-20(12-16)31-15-17-7-2-3-11-21(17)24/h2-14H,15H2,1H3,(H,26,28)(H,27,29)/b25-14-. The van der Waals surface area contributed by atoms with Crippen LogP contribution >= 0.6 is 11.6 Å². The van der Waals surface area contributed by atoms with Gasteiger partial charge in [0.1, 0.15) is 18.1 Å². The Hall–Kier alpha value is -3.84. The lowest BCUT2D eigenvalue weighted by atomic mass is 10.2. The van der Waals surface area contributed by atoms with Crippen LogP contribution in [0.5, 0.6) is 11.5 Å². The molecule has 2 amide bonds. The molecule has 31 heavy (non-hydrogen) atoms. The van der Waals surface area contributed by atoms with Crippen LogP contribution in [0.1, 0.15) is 11.1 Å². The molecule has 0 fully saturated rings. The molecule has 0 saturated carbocycles. The van der Waals surface area contributed by atoms with Gasteiger partial charge < -0.3 is 14.8 Å². The van der Waals surface area contributed by atoms with Gasteiger partial charge in [0.05, 0.1) is 13.3 Å². The third kappa shape index (κ3) is 6.58. The van der Waals surface area contributed by atoms with Crippen molar-refractivity contribution in [2.45, 2.75) is 6.61 Å². The lowest BCUT2D eigenvalue weighted by molar-refractivity contribution is -0.136. The average molecular weight is 438 g/mol. The topological polar surface area (TPSA) is 89.0 Å². The SMILES string of the molecule is COc1cccc(NC(=O)C(=O)N/N=C\c2cccc(OCc3ccccc3Cl)c2)c1.